The Labute approximate surface area is 90.3 Å². The largest absolute Gasteiger partial charge is 0.327 e. The molecule has 86 valence electrons. The van der Waals surface area contributed by atoms with Gasteiger partial charge in [-0.25, -0.2) is 0 Å². The van der Waals surface area contributed by atoms with E-state index in [1.807, 2.05) is 7.05 Å². The highest BCUT2D eigenvalue weighted by molar-refractivity contribution is 4.99. The lowest BCUT2D eigenvalue weighted by molar-refractivity contribution is -0.496. The van der Waals surface area contributed by atoms with E-state index < -0.39 is 5.97 Å². The first kappa shape index (κ1) is 10.0. The van der Waals surface area contributed by atoms with Crippen LogP contribution in [0.15, 0.2) is 0 Å². The van der Waals surface area contributed by atoms with Gasteiger partial charge >= 0.3 is 0 Å². The van der Waals surface area contributed by atoms with Gasteiger partial charge in [-0.15, -0.1) is 0 Å². The first-order chi connectivity index (χ1) is 7.30. The zero-order chi connectivity index (χ0) is 10.4. The maximum Gasteiger partial charge on any atom is 0.290 e. The highest BCUT2D eigenvalue weighted by atomic mass is 16.9. The van der Waals surface area contributed by atoms with Gasteiger partial charge in [-0.05, 0) is 19.9 Å². The van der Waals surface area contributed by atoms with Gasteiger partial charge in [0.05, 0.1) is 25.2 Å². The van der Waals surface area contributed by atoms with Crippen LogP contribution in [0, 0.1) is 11.3 Å². The minimum absolute atomic E-state index is 0.0488. The molecule has 15 heavy (non-hydrogen) atoms. The Kier molecular flexibility index (Phi) is 2.28. The predicted octanol–water partition coefficient (Wildman–Crippen LogP) is 0.723. The molecule has 1 aliphatic carbocycles. The van der Waals surface area contributed by atoms with Crippen molar-refractivity contribution in [2.24, 2.45) is 11.3 Å². The third kappa shape index (κ3) is 1.29. The second-order valence-electron chi connectivity index (χ2n) is 5.02. The zero-order valence-electron chi connectivity index (χ0n) is 9.25. The molecular weight excluding hydrogens is 194 g/mol. The molecule has 4 rings (SSSR count). The Hall–Kier alpha value is -0.160. The van der Waals surface area contributed by atoms with Gasteiger partial charge < -0.3 is 19.5 Å². The van der Waals surface area contributed by atoms with Crippen molar-refractivity contribution in [3.8, 4) is 0 Å². The summed E-state index contributed by atoms with van der Waals surface area (Å²) in [6.45, 7) is 3.31. The van der Waals surface area contributed by atoms with Crippen LogP contribution in [0.1, 0.15) is 19.3 Å². The summed E-state index contributed by atoms with van der Waals surface area (Å²) in [5.41, 5.74) is 0.0488. The van der Waals surface area contributed by atoms with E-state index in [9.17, 15) is 0 Å². The maximum absolute atomic E-state index is 5.84. The molecule has 3 aliphatic heterocycles. The van der Waals surface area contributed by atoms with Crippen LogP contribution >= 0.6 is 0 Å². The topological polar surface area (TPSA) is 39.7 Å². The van der Waals surface area contributed by atoms with Crippen LogP contribution < -0.4 is 5.32 Å². The standard InChI is InChI=1S/C11H19NO3/c1-12-8-10(3-2-4-10)11-13-5-9(6-14-11)7-15-11/h9,12H,2-8H2,1H3. The Balaban J connectivity index is 1.83. The number of hydrogen-bond donors (Lipinski definition) is 1. The van der Waals surface area contributed by atoms with Crippen molar-refractivity contribution in [3.05, 3.63) is 0 Å². The molecule has 1 N–H and O–H groups in total. The van der Waals surface area contributed by atoms with E-state index in [-0.39, 0.29) is 5.41 Å². The molecule has 4 heteroatoms. The Morgan fingerprint density at radius 2 is 1.73 bits per heavy atom. The fourth-order valence-corrected chi connectivity index (χ4v) is 2.94. The molecule has 4 nitrogen and oxygen atoms in total. The number of ether oxygens (including phenoxy) is 3. The van der Waals surface area contributed by atoms with Crippen LogP contribution in [0.4, 0.5) is 0 Å². The third-order valence-corrected chi connectivity index (χ3v) is 4.00. The smallest absolute Gasteiger partial charge is 0.290 e. The lowest BCUT2D eigenvalue weighted by atomic mass is 9.66. The molecular formula is C11H19NO3. The fourth-order valence-electron chi connectivity index (χ4n) is 2.94. The van der Waals surface area contributed by atoms with Crippen LogP contribution in [0.2, 0.25) is 0 Å². The summed E-state index contributed by atoms with van der Waals surface area (Å²) in [6.07, 6.45) is 3.53. The molecule has 4 aliphatic rings. The summed E-state index contributed by atoms with van der Waals surface area (Å²) in [4.78, 5) is 0. The van der Waals surface area contributed by atoms with E-state index in [0.29, 0.717) is 5.92 Å². The number of nitrogens with one attached hydrogen (secondary N) is 1. The molecule has 4 fully saturated rings. The molecule has 0 spiro atoms. The molecule has 1 saturated carbocycles. The van der Waals surface area contributed by atoms with E-state index in [2.05, 4.69) is 5.32 Å². The van der Waals surface area contributed by atoms with Crippen LogP contribution in [-0.2, 0) is 14.2 Å². The van der Waals surface area contributed by atoms with Gasteiger partial charge in [0.15, 0.2) is 0 Å². The molecule has 0 atom stereocenters. The highest BCUT2D eigenvalue weighted by Gasteiger charge is 2.62. The van der Waals surface area contributed by atoms with Crippen molar-refractivity contribution in [1.29, 1.82) is 0 Å². The molecule has 3 heterocycles. The fraction of sp³-hybridized carbons (Fsp3) is 1.00. The second-order valence-corrected chi connectivity index (χ2v) is 5.02. The van der Waals surface area contributed by atoms with Crippen molar-refractivity contribution >= 4 is 0 Å². The third-order valence-electron chi connectivity index (χ3n) is 4.00. The molecule has 2 bridgehead atoms. The van der Waals surface area contributed by atoms with Gasteiger partial charge in [-0.2, -0.15) is 0 Å². The van der Waals surface area contributed by atoms with E-state index in [4.69, 9.17) is 14.2 Å². The summed E-state index contributed by atoms with van der Waals surface area (Å²) < 4.78 is 17.5. The van der Waals surface area contributed by atoms with E-state index in [1.165, 1.54) is 6.42 Å². The van der Waals surface area contributed by atoms with Crippen LogP contribution in [0.5, 0.6) is 0 Å². The van der Waals surface area contributed by atoms with Crippen LogP contribution in [0.25, 0.3) is 0 Å². The van der Waals surface area contributed by atoms with Crippen LogP contribution in [0.3, 0.4) is 0 Å². The Morgan fingerprint density at radius 1 is 1.13 bits per heavy atom. The lowest BCUT2D eigenvalue weighted by Crippen LogP contribution is -2.67. The number of hydrogen-bond acceptors (Lipinski definition) is 4. The minimum Gasteiger partial charge on any atom is -0.327 e. The first-order valence-electron chi connectivity index (χ1n) is 5.87. The summed E-state index contributed by atoms with van der Waals surface area (Å²) in [5, 5.41) is 3.24. The van der Waals surface area contributed by atoms with E-state index in [0.717, 1.165) is 39.2 Å². The quantitative estimate of drug-likeness (QED) is 0.750. The Morgan fingerprint density at radius 3 is 2.13 bits per heavy atom. The molecule has 0 aromatic carbocycles. The van der Waals surface area contributed by atoms with Gasteiger partial charge in [-0.3, -0.25) is 0 Å². The Bertz CT molecular complexity index is 230. The van der Waals surface area contributed by atoms with Gasteiger partial charge in [0.25, 0.3) is 5.97 Å². The summed E-state index contributed by atoms with van der Waals surface area (Å²) in [6, 6.07) is 0. The van der Waals surface area contributed by atoms with Crippen molar-refractivity contribution in [1.82, 2.24) is 5.32 Å². The average Bonchev–Trinajstić information content (AvgIpc) is 2.26. The van der Waals surface area contributed by atoms with Crippen molar-refractivity contribution < 1.29 is 14.2 Å². The summed E-state index contributed by atoms with van der Waals surface area (Å²) in [5.74, 6) is -0.290. The molecule has 0 aromatic heterocycles. The first-order valence-corrected chi connectivity index (χ1v) is 5.87. The molecule has 0 aromatic rings. The average molecular weight is 213 g/mol. The SMILES string of the molecule is CNCC1(C23OCC(CO2)CO3)CCC1. The number of rotatable bonds is 3. The zero-order valence-corrected chi connectivity index (χ0v) is 9.25. The molecule has 0 radical (unpaired) electrons. The van der Waals surface area contributed by atoms with E-state index in [1.54, 1.807) is 0 Å². The van der Waals surface area contributed by atoms with Gasteiger partial charge in [0, 0.05) is 12.5 Å². The predicted molar refractivity (Wildman–Crippen MR) is 54.3 cm³/mol. The second kappa shape index (κ2) is 3.42. The monoisotopic (exact) mass is 213 g/mol. The van der Waals surface area contributed by atoms with Crippen molar-refractivity contribution in [3.63, 3.8) is 0 Å². The van der Waals surface area contributed by atoms with Gasteiger partial charge in [0.1, 0.15) is 0 Å². The normalized spacial score (nSPS) is 42.6. The van der Waals surface area contributed by atoms with Crippen molar-refractivity contribution in [2.45, 2.75) is 25.2 Å². The molecule has 3 saturated heterocycles. The minimum atomic E-state index is -0.733. The number of fused-ring (bicyclic) bond motifs is 3. The summed E-state index contributed by atoms with van der Waals surface area (Å²) >= 11 is 0. The van der Waals surface area contributed by atoms with Crippen LogP contribution in [-0.4, -0.2) is 39.4 Å². The van der Waals surface area contributed by atoms with Gasteiger partial charge in [-0.1, -0.05) is 6.42 Å². The summed E-state index contributed by atoms with van der Waals surface area (Å²) in [7, 11) is 1.98. The van der Waals surface area contributed by atoms with E-state index >= 15 is 0 Å². The molecule has 0 unspecified atom stereocenters. The lowest BCUT2D eigenvalue weighted by Gasteiger charge is -2.58. The highest BCUT2D eigenvalue weighted by Crippen LogP contribution is 2.54. The van der Waals surface area contributed by atoms with Crippen molar-refractivity contribution in [2.75, 3.05) is 33.4 Å². The molecule has 0 amide bonds. The van der Waals surface area contributed by atoms with Gasteiger partial charge in [0.2, 0.25) is 0 Å². The maximum atomic E-state index is 5.84.